The van der Waals surface area contributed by atoms with E-state index in [9.17, 15) is 28.4 Å². The Morgan fingerprint density at radius 1 is 1.47 bits per heavy atom. The van der Waals surface area contributed by atoms with Crippen LogP contribution in [0.4, 0.5) is 18.9 Å². The van der Waals surface area contributed by atoms with Crippen molar-refractivity contribution in [3.8, 4) is 0 Å². The van der Waals surface area contributed by atoms with Crippen LogP contribution in [-0.4, -0.2) is 16.2 Å². The molecule has 0 radical (unpaired) electrons. The van der Waals surface area contributed by atoms with Crippen LogP contribution in [0.1, 0.15) is 17.5 Å². The summed E-state index contributed by atoms with van der Waals surface area (Å²) in [6.07, 6.45) is -3.72. The van der Waals surface area contributed by atoms with Crippen LogP contribution in [0.25, 0.3) is 0 Å². The molecule has 1 aromatic carbocycles. The van der Waals surface area contributed by atoms with E-state index in [4.69, 9.17) is 0 Å². The lowest BCUT2D eigenvalue weighted by Crippen LogP contribution is -2.26. The minimum Gasteiger partial charge on any atom is -0.355 e. The van der Waals surface area contributed by atoms with Gasteiger partial charge in [-0.3, -0.25) is 10.1 Å². The lowest BCUT2D eigenvalue weighted by molar-refractivity contribution is -0.388. The van der Waals surface area contributed by atoms with Gasteiger partial charge in [0, 0.05) is 6.07 Å². The van der Waals surface area contributed by atoms with Crippen LogP contribution in [0.2, 0.25) is 0 Å². The molecular weight excluding hydrogens is 269 g/mol. The number of nitro benzene ring substituents is 1. The third kappa shape index (κ3) is 2.36. The molecule has 19 heavy (non-hydrogen) atoms. The lowest BCUT2D eigenvalue weighted by Gasteiger charge is -2.20. The van der Waals surface area contributed by atoms with E-state index >= 15 is 0 Å². The van der Waals surface area contributed by atoms with Gasteiger partial charge in [-0.2, -0.15) is 13.2 Å². The van der Waals surface area contributed by atoms with E-state index in [2.05, 4.69) is 9.99 Å². The number of aliphatic hydroxyl groups is 1. The molecule has 0 aliphatic carbocycles. The van der Waals surface area contributed by atoms with Crippen molar-refractivity contribution in [1.82, 2.24) is 0 Å². The van der Waals surface area contributed by atoms with Crippen LogP contribution in [-0.2, 0) is 16.8 Å². The van der Waals surface area contributed by atoms with Crippen molar-refractivity contribution in [2.45, 2.75) is 18.4 Å². The number of hydrogen-bond acceptors (Lipinski definition) is 5. The molecule has 1 unspecified atom stereocenters. The molecular formula is C10H7F3N2O4. The Morgan fingerprint density at radius 2 is 2.16 bits per heavy atom. The molecule has 0 fully saturated rings. The molecule has 1 aliphatic rings. The van der Waals surface area contributed by atoms with Crippen LogP contribution in [0.5, 0.6) is 0 Å². The van der Waals surface area contributed by atoms with E-state index < -0.39 is 28.1 Å². The van der Waals surface area contributed by atoms with Crippen LogP contribution >= 0.6 is 0 Å². The second-order valence-electron chi connectivity index (χ2n) is 3.85. The number of halogens is 3. The van der Waals surface area contributed by atoms with E-state index in [1.54, 1.807) is 0 Å². The Labute approximate surface area is 104 Å². The number of nitro groups is 1. The van der Waals surface area contributed by atoms with Crippen molar-refractivity contribution in [1.29, 1.82) is 0 Å². The fourth-order valence-corrected chi connectivity index (χ4v) is 1.67. The summed E-state index contributed by atoms with van der Waals surface area (Å²) < 4.78 is 37.5. The van der Waals surface area contributed by atoms with E-state index in [1.165, 1.54) is 6.21 Å². The van der Waals surface area contributed by atoms with Crippen molar-refractivity contribution >= 4 is 11.9 Å². The molecule has 1 N–H and O–H groups in total. The van der Waals surface area contributed by atoms with Gasteiger partial charge in [-0.1, -0.05) is 5.16 Å². The Balaban J connectivity index is 2.54. The second kappa shape index (κ2) is 4.19. The largest absolute Gasteiger partial charge is 0.416 e. The molecule has 6 nitrogen and oxygen atoms in total. The minimum absolute atomic E-state index is 0.181. The number of hydrogen-bond donors (Lipinski definition) is 1. The van der Waals surface area contributed by atoms with Gasteiger partial charge in [0.15, 0.2) is 0 Å². The first kappa shape index (κ1) is 13.3. The molecule has 1 atom stereocenters. The maximum atomic E-state index is 12.5. The highest BCUT2D eigenvalue weighted by Gasteiger charge is 2.42. The van der Waals surface area contributed by atoms with E-state index in [-0.39, 0.29) is 12.0 Å². The molecule has 1 aromatic rings. The molecule has 0 saturated heterocycles. The van der Waals surface area contributed by atoms with Crippen LogP contribution in [0, 0.1) is 10.1 Å². The summed E-state index contributed by atoms with van der Waals surface area (Å²) >= 11 is 0. The summed E-state index contributed by atoms with van der Waals surface area (Å²) in [6.45, 7) is 0. The van der Waals surface area contributed by atoms with Gasteiger partial charge in [0.05, 0.1) is 23.1 Å². The molecule has 0 spiro atoms. The molecule has 2 rings (SSSR count). The van der Waals surface area contributed by atoms with Crippen molar-refractivity contribution in [2.24, 2.45) is 5.16 Å². The highest BCUT2D eigenvalue weighted by atomic mass is 19.4. The third-order valence-corrected chi connectivity index (χ3v) is 2.59. The summed E-state index contributed by atoms with van der Waals surface area (Å²) in [4.78, 5) is 14.4. The number of benzene rings is 1. The Morgan fingerprint density at radius 3 is 2.63 bits per heavy atom. The van der Waals surface area contributed by atoms with Crippen molar-refractivity contribution in [3.05, 3.63) is 39.4 Å². The molecule has 0 aromatic heterocycles. The zero-order chi connectivity index (χ0) is 14.3. The van der Waals surface area contributed by atoms with Gasteiger partial charge in [0.2, 0.25) is 0 Å². The highest BCUT2D eigenvalue weighted by Crippen LogP contribution is 2.39. The Bertz CT molecular complexity index is 548. The standard InChI is InChI=1S/C10H7F3N2O4/c11-10(12,13)6-1-2-7(8(5-6)15(17)18)9(16)3-4-14-19-9/h1-2,4-5,16H,3H2. The van der Waals surface area contributed by atoms with Gasteiger partial charge in [-0.15, -0.1) is 0 Å². The third-order valence-electron chi connectivity index (χ3n) is 2.59. The van der Waals surface area contributed by atoms with Crippen LogP contribution < -0.4 is 0 Å². The quantitative estimate of drug-likeness (QED) is 0.662. The first-order valence-electron chi connectivity index (χ1n) is 5.02. The molecule has 9 heteroatoms. The van der Waals surface area contributed by atoms with Crippen molar-refractivity contribution < 1.29 is 28.0 Å². The summed E-state index contributed by atoms with van der Waals surface area (Å²) in [5.41, 5.74) is -2.42. The van der Waals surface area contributed by atoms with Gasteiger partial charge in [-0.25, -0.2) is 0 Å². The zero-order valence-electron chi connectivity index (χ0n) is 9.22. The van der Waals surface area contributed by atoms with Crippen molar-refractivity contribution in [2.75, 3.05) is 0 Å². The maximum Gasteiger partial charge on any atom is 0.416 e. The number of rotatable bonds is 2. The Kier molecular flexibility index (Phi) is 2.93. The summed E-state index contributed by atoms with van der Waals surface area (Å²) in [5, 5.41) is 24.0. The highest BCUT2D eigenvalue weighted by molar-refractivity contribution is 5.61. The van der Waals surface area contributed by atoms with Gasteiger partial charge in [-0.05, 0) is 12.1 Å². The number of alkyl halides is 3. The summed E-state index contributed by atoms with van der Waals surface area (Å²) in [7, 11) is 0. The fraction of sp³-hybridized carbons (Fsp3) is 0.300. The maximum absolute atomic E-state index is 12.5. The predicted octanol–water partition coefficient (Wildman–Crippen LogP) is 2.16. The SMILES string of the molecule is O=[N+]([O-])c1cc(C(F)(F)F)ccc1C1(O)CC=NO1. The van der Waals surface area contributed by atoms with E-state index in [1.807, 2.05) is 0 Å². The molecule has 0 amide bonds. The average molecular weight is 276 g/mol. The number of nitrogens with zero attached hydrogens (tertiary/aromatic N) is 2. The molecule has 0 saturated carbocycles. The monoisotopic (exact) mass is 276 g/mol. The first-order valence-corrected chi connectivity index (χ1v) is 5.02. The van der Waals surface area contributed by atoms with Gasteiger partial charge < -0.3 is 9.94 Å². The van der Waals surface area contributed by atoms with E-state index in [0.717, 1.165) is 6.07 Å². The Hall–Kier alpha value is -2.16. The van der Waals surface area contributed by atoms with Crippen molar-refractivity contribution in [3.63, 3.8) is 0 Å². The fourth-order valence-electron chi connectivity index (χ4n) is 1.67. The number of oxime groups is 1. The lowest BCUT2D eigenvalue weighted by atomic mass is 9.99. The average Bonchev–Trinajstić information content (AvgIpc) is 2.75. The predicted molar refractivity (Wildman–Crippen MR) is 56.2 cm³/mol. The van der Waals surface area contributed by atoms with Gasteiger partial charge in [0.1, 0.15) is 5.56 Å². The molecule has 1 heterocycles. The zero-order valence-corrected chi connectivity index (χ0v) is 9.22. The minimum atomic E-state index is -4.71. The van der Waals surface area contributed by atoms with Crippen LogP contribution in [0.3, 0.4) is 0 Å². The first-order chi connectivity index (χ1) is 8.74. The van der Waals surface area contributed by atoms with E-state index in [0.29, 0.717) is 12.1 Å². The van der Waals surface area contributed by atoms with Gasteiger partial charge >= 0.3 is 6.18 Å². The molecule has 0 bridgehead atoms. The molecule has 102 valence electrons. The van der Waals surface area contributed by atoms with Gasteiger partial charge in [0.25, 0.3) is 11.5 Å². The normalized spacial score (nSPS) is 22.3. The topological polar surface area (TPSA) is 85.0 Å². The second-order valence-corrected chi connectivity index (χ2v) is 3.85. The summed E-state index contributed by atoms with van der Waals surface area (Å²) in [5.74, 6) is -2.10. The molecule has 1 aliphatic heterocycles. The summed E-state index contributed by atoms with van der Waals surface area (Å²) in [6, 6.07) is 1.81. The van der Waals surface area contributed by atoms with Crippen LogP contribution in [0.15, 0.2) is 23.4 Å². The smallest absolute Gasteiger partial charge is 0.355 e.